The van der Waals surface area contributed by atoms with E-state index in [4.69, 9.17) is 11.6 Å². The standard InChI is InChI=1S/C22H14ClF2NO2S/c1-13-5-10-16(11-19(13)25)29(27,28)20-12-26-22-17(3-2-4-18(22)24)21(20)14-6-8-15(23)9-7-14/h2-12H,1H3. The van der Waals surface area contributed by atoms with E-state index in [1.165, 1.54) is 24.3 Å². The Bertz CT molecular complexity index is 1350. The van der Waals surface area contributed by atoms with Crippen molar-refractivity contribution in [3.05, 3.63) is 89.1 Å². The molecule has 0 fully saturated rings. The van der Waals surface area contributed by atoms with Crippen molar-refractivity contribution in [1.29, 1.82) is 0 Å². The lowest BCUT2D eigenvalue weighted by molar-refractivity contribution is 0.589. The lowest BCUT2D eigenvalue weighted by Gasteiger charge is -2.14. The fourth-order valence-electron chi connectivity index (χ4n) is 3.15. The van der Waals surface area contributed by atoms with Crippen LogP contribution in [0.4, 0.5) is 8.78 Å². The molecule has 0 bridgehead atoms. The Balaban J connectivity index is 2.08. The fraction of sp³-hybridized carbons (Fsp3) is 0.0455. The number of pyridine rings is 1. The van der Waals surface area contributed by atoms with Gasteiger partial charge in [0.15, 0.2) is 0 Å². The molecular weight excluding hydrogens is 416 g/mol. The summed E-state index contributed by atoms with van der Waals surface area (Å²) in [5.74, 6) is -1.19. The van der Waals surface area contributed by atoms with Gasteiger partial charge < -0.3 is 0 Å². The molecular formula is C22H14ClF2NO2S. The summed E-state index contributed by atoms with van der Waals surface area (Å²) in [6, 6.07) is 14.6. The minimum absolute atomic E-state index is 0.0477. The maximum Gasteiger partial charge on any atom is 0.208 e. The molecule has 3 nitrogen and oxygen atoms in total. The molecule has 0 atom stereocenters. The molecule has 4 aromatic rings. The molecule has 146 valence electrons. The van der Waals surface area contributed by atoms with Gasteiger partial charge in [0.05, 0.1) is 9.79 Å². The summed E-state index contributed by atoms with van der Waals surface area (Å²) in [4.78, 5) is 3.70. The minimum atomic E-state index is -4.13. The first-order valence-electron chi connectivity index (χ1n) is 8.63. The number of aryl methyl sites for hydroxylation is 1. The van der Waals surface area contributed by atoms with Gasteiger partial charge in [0.1, 0.15) is 17.2 Å². The number of nitrogens with zero attached hydrogens (tertiary/aromatic N) is 1. The highest BCUT2D eigenvalue weighted by molar-refractivity contribution is 7.91. The maximum absolute atomic E-state index is 14.3. The monoisotopic (exact) mass is 429 g/mol. The third-order valence-electron chi connectivity index (χ3n) is 4.69. The predicted octanol–water partition coefficient (Wildman–Crippen LogP) is 5.97. The maximum atomic E-state index is 14.3. The van der Waals surface area contributed by atoms with Crippen LogP contribution in [0.2, 0.25) is 5.02 Å². The van der Waals surface area contributed by atoms with Crippen LogP contribution in [0.1, 0.15) is 5.56 Å². The zero-order valence-electron chi connectivity index (χ0n) is 15.2. The number of sulfone groups is 1. The Morgan fingerprint density at radius 2 is 1.66 bits per heavy atom. The van der Waals surface area contributed by atoms with Gasteiger partial charge in [-0.15, -0.1) is 0 Å². The summed E-state index contributed by atoms with van der Waals surface area (Å²) in [5.41, 5.74) is 1.19. The van der Waals surface area contributed by atoms with E-state index < -0.39 is 21.5 Å². The van der Waals surface area contributed by atoms with Gasteiger partial charge in [-0.2, -0.15) is 0 Å². The molecule has 1 aromatic heterocycles. The van der Waals surface area contributed by atoms with E-state index in [0.717, 1.165) is 12.3 Å². The predicted molar refractivity (Wildman–Crippen MR) is 109 cm³/mol. The van der Waals surface area contributed by atoms with Crippen molar-refractivity contribution >= 4 is 32.3 Å². The highest BCUT2D eigenvalue weighted by Gasteiger charge is 2.26. The smallest absolute Gasteiger partial charge is 0.208 e. The minimum Gasteiger partial charge on any atom is -0.252 e. The number of benzene rings is 3. The SMILES string of the molecule is Cc1ccc(S(=O)(=O)c2cnc3c(F)cccc3c2-c2ccc(Cl)cc2)cc1F. The topological polar surface area (TPSA) is 47.0 Å². The summed E-state index contributed by atoms with van der Waals surface area (Å²) >= 11 is 5.97. The van der Waals surface area contributed by atoms with Crippen molar-refractivity contribution in [3.63, 3.8) is 0 Å². The Morgan fingerprint density at radius 3 is 2.34 bits per heavy atom. The normalized spacial score (nSPS) is 11.7. The average molecular weight is 430 g/mol. The van der Waals surface area contributed by atoms with Gasteiger partial charge in [0, 0.05) is 22.2 Å². The molecule has 0 aliphatic rings. The second-order valence-electron chi connectivity index (χ2n) is 6.55. The van der Waals surface area contributed by atoms with Gasteiger partial charge >= 0.3 is 0 Å². The van der Waals surface area contributed by atoms with E-state index in [1.54, 1.807) is 37.3 Å². The summed E-state index contributed by atoms with van der Waals surface area (Å²) in [6.07, 6.45) is 1.11. The van der Waals surface area contributed by atoms with E-state index >= 15 is 0 Å². The Labute approximate surface area is 171 Å². The highest BCUT2D eigenvalue weighted by atomic mass is 35.5. The molecule has 0 amide bonds. The highest BCUT2D eigenvalue weighted by Crippen LogP contribution is 2.37. The molecule has 0 radical (unpaired) electrons. The Morgan fingerprint density at radius 1 is 0.931 bits per heavy atom. The number of para-hydroxylation sites is 1. The van der Waals surface area contributed by atoms with Crippen LogP contribution in [0.25, 0.3) is 22.0 Å². The first-order valence-corrected chi connectivity index (χ1v) is 10.5. The van der Waals surface area contributed by atoms with Gasteiger partial charge in [-0.05, 0) is 48.4 Å². The van der Waals surface area contributed by atoms with E-state index in [1.807, 2.05) is 0 Å². The first kappa shape index (κ1) is 19.5. The molecule has 0 saturated carbocycles. The van der Waals surface area contributed by atoms with Crippen LogP contribution in [0.3, 0.4) is 0 Å². The number of hydrogen-bond donors (Lipinski definition) is 0. The molecule has 0 saturated heterocycles. The van der Waals surface area contributed by atoms with Crippen LogP contribution in [0.15, 0.2) is 76.7 Å². The lowest BCUT2D eigenvalue weighted by atomic mass is 10.0. The molecule has 29 heavy (non-hydrogen) atoms. The second-order valence-corrected chi connectivity index (χ2v) is 8.91. The summed E-state index contributed by atoms with van der Waals surface area (Å²) in [6.45, 7) is 1.55. The Hall–Kier alpha value is -2.83. The van der Waals surface area contributed by atoms with Crippen LogP contribution in [0, 0.1) is 18.6 Å². The van der Waals surface area contributed by atoms with Crippen molar-refractivity contribution in [2.45, 2.75) is 16.7 Å². The van der Waals surface area contributed by atoms with Crippen molar-refractivity contribution in [1.82, 2.24) is 4.98 Å². The Kier molecular flexibility index (Phi) is 4.84. The third kappa shape index (κ3) is 3.39. The number of fused-ring (bicyclic) bond motifs is 1. The molecule has 1 heterocycles. The average Bonchev–Trinajstić information content (AvgIpc) is 2.70. The zero-order valence-corrected chi connectivity index (χ0v) is 16.7. The molecule has 0 aliphatic heterocycles. The van der Waals surface area contributed by atoms with Gasteiger partial charge in [-0.1, -0.05) is 41.9 Å². The van der Waals surface area contributed by atoms with Crippen molar-refractivity contribution < 1.29 is 17.2 Å². The quantitative estimate of drug-likeness (QED) is 0.402. The van der Waals surface area contributed by atoms with Crippen molar-refractivity contribution in [2.24, 2.45) is 0 Å². The second kappa shape index (κ2) is 7.21. The summed E-state index contributed by atoms with van der Waals surface area (Å²) < 4.78 is 55.1. The molecule has 7 heteroatoms. The molecule has 4 rings (SSSR count). The van der Waals surface area contributed by atoms with Crippen LogP contribution in [0.5, 0.6) is 0 Å². The van der Waals surface area contributed by atoms with Gasteiger partial charge in [0.25, 0.3) is 0 Å². The van der Waals surface area contributed by atoms with Gasteiger partial charge in [-0.25, -0.2) is 17.2 Å². The van der Waals surface area contributed by atoms with Crippen LogP contribution < -0.4 is 0 Å². The van der Waals surface area contributed by atoms with Gasteiger partial charge in [-0.3, -0.25) is 4.98 Å². The number of hydrogen-bond acceptors (Lipinski definition) is 3. The number of aromatic nitrogens is 1. The van der Waals surface area contributed by atoms with Crippen molar-refractivity contribution in [3.8, 4) is 11.1 Å². The van der Waals surface area contributed by atoms with Gasteiger partial charge in [0.2, 0.25) is 9.84 Å². The zero-order chi connectivity index (χ0) is 20.8. The molecule has 0 N–H and O–H groups in total. The number of halogens is 3. The van der Waals surface area contributed by atoms with E-state index in [0.29, 0.717) is 21.5 Å². The number of rotatable bonds is 3. The molecule has 3 aromatic carbocycles. The summed E-state index contributed by atoms with van der Waals surface area (Å²) in [5, 5.41) is 0.810. The van der Waals surface area contributed by atoms with Crippen LogP contribution in [-0.4, -0.2) is 13.4 Å². The largest absolute Gasteiger partial charge is 0.252 e. The van der Waals surface area contributed by atoms with E-state index in [-0.39, 0.29) is 20.9 Å². The van der Waals surface area contributed by atoms with Crippen LogP contribution >= 0.6 is 11.6 Å². The lowest BCUT2D eigenvalue weighted by Crippen LogP contribution is -2.07. The van der Waals surface area contributed by atoms with Crippen molar-refractivity contribution in [2.75, 3.05) is 0 Å². The first-order chi connectivity index (χ1) is 13.8. The molecule has 0 unspecified atom stereocenters. The fourth-order valence-corrected chi connectivity index (χ4v) is 4.73. The summed E-state index contributed by atoms with van der Waals surface area (Å²) in [7, 11) is -4.13. The van der Waals surface area contributed by atoms with E-state index in [2.05, 4.69) is 4.98 Å². The molecule has 0 spiro atoms. The third-order valence-corrected chi connectivity index (χ3v) is 6.70. The van der Waals surface area contributed by atoms with Crippen LogP contribution in [-0.2, 0) is 9.84 Å². The molecule has 0 aliphatic carbocycles. The van der Waals surface area contributed by atoms with E-state index in [9.17, 15) is 17.2 Å².